The van der Waals surface area contributed by atoms with Crippen molar-refractivity contribution in [2.45, 2.75) is 51.6 Å². The lowest BCUT2D eigenvalue weighted by Gasteiger charge is -2.27. The summed E-state index contributed by atoms with van der Waals surface area (Å²) in [5.74, 6) is 0.919. The summed E-state index contributed by atoms with van der Waals surface area (Å²) in [6.07, 6.45) is 7.88. The molecule has 0 aromatic carbocycles. The molecule has 0 spiro atoms. The van der Waals surface area contributed by atoms with E-state index < -0.39 is 0 Å². The van der Waals surface area contributed by atoms with Gasteiger partial charge >= 0.3 is 0 Å². The Kier molecular flexibility index (Phi) is 5.49. The third-order valence-corrected chi connectivity index (χ3v) is 3.22. The minimum Gasteiger partial charge on any atom is -0.393 e. The first kappa shape index (κ1) is 12.0. The quantitative estimate of drug-likeness (QED) is 0.734. The lowest BCUT2D eigenvalue weighted by Crippen LogP contribution is -2.29. The monoisotopic (exact) mass is 199 g/mol. The molecule has 84 valence electrons. The van der Waals surface area contributed by atoms with Crippen molar-refractivity contribution in [1.29, 1.82) is 0 Å². The normalized spacial score (nSPS) is 21.4. The van der Waals surface area contributed by atoms with Crippen molar-refractivity contribution in [3.8, 4) is 0 Å². The molecule has 0 aliphatic heterocycles. The highest BCUT2D eigenvalue weighted by molar-refractivity contribution is 4.69. The molecule has 0 amide bonds. The second-order valence-electron chi connectivity index (χ2n) is 4.90. The molecule has 1 aliphatic carbocycles. The van der Waals surface area contributed by atoms with Crippen LogP contribution in [0.4, 0.5) is 0 Å². The molecule has 1 rings (SSSR count). The number of rotatable bonds is 5. The van der Waals surface area contributed by atoms with Crippen LogP contribution in [-0.4, -0.2) is 36.2 Å². The van der Waals surface area contributed by atoms with Gasteiger partial charge in [0.1, 0.15) is 0 Å². The van der Waals surface area contributed by atoms with Gasteiger partial charge < -0.3 is 10.0 Å². The zero-order valence-electron chi connectivity index (χ0n) is 9.71. The Morgan fingerprint density at radius 2 is 1.93 bits per heavy atom. The predicted molar refractivity (Wildman–Crippen MR) is 60.4 cm³/mol. The summed E-state index contributed by atoms with van der Waals surface area (Å²) in [6, 6.07) is 0. The Bertz CT molecular complexity index is 141. The fourth-order valence-corrected chi connectivity index (χ4v) is 2.31. The van der Waals surface area contributed by atoms with Crippen LogP contribution in [0, 0.1) is 5.92 Å². The van der Waals surface area contributed by atoms with Gasteiger partial charge in [-0.2, -0.15) is 0 Å². The molecule has 14 heavy (non-hydrogen) atoms. The number of aliphatic hydroxyl groups excluding tert-OH is 1. The van der Waals surface area contributed by atoms with Crippen molar-refractivity contribution in [2.75, 3.05) is 20.1 Å². The van der Waals surface area contributed by atoms with Gasteiger partial charge in [-0.1, -0.05) is 19.3 Å². The van der Waals surface area contributed by atoms with E-state index >= 15 is 0 Å². The van der Waals surface area contributed by atoms with E-state index in [4.69, 9.17) is 0 Å². The van der Waals surface area contributed by atoms with E-state index in [0.717, 1.165) is 18.9 Å². The molecule has 1 unspecified atom stereocenters. The molecular weight excluding hydrogens is 174 g/mol. The van der Waals surface area contributed by atoms with Crippen LogP contribution in [0.3, 0.4) is 0 Å². The molecule has 1 aliphatic rings. The first-order valence-corrected chi connectivity index (χ1v) is 6.05. The molecule has 2 nitrogen and oxygen atoms in total. The first-order chi connectivity index (χ1) is 6.68. The van der Waals surface area contributed by atoms with E-state index in [1.165, 1.54) is 38.6 Å². The Morgan fingerprint density at radius 1 is 1.29 bits per heavy atom. The van der Waals surface area contributed by atoms with Crippen molar-refractivity contribution < 1.29 is 5.11 Å². The molecule has 0 radical (unpaired) electrons. The summed E-state index contributed by atoms with van der Waals surface area (Å²) < 4.78 is 0. The van der Waals surface area contributed by atoms with Crippen LogP contribution in [-0.2, 0) is 0 Å². The zero-order chi connectivity index (χ0) is 10.4. The largest absolute Gasteiger partial charge is 0.393 e. The molecule has 0 aromatic rings. The highest BCUT2D eigenvalue weighted by Gasteiger charge is 2.15. The first-order valence-electron chi connectivity index (χ1n) is 6.05. The fraction of sp³-hybridized carbons (Fsp3) is 1.00. The van der Waals surface area contributed by atoms with Crippen molar-refractivity contribution in [3.63, 3.8) is 0 Å². The molecule has 0 heterocycles. The molecule has 1 saturated carbocycles. The molecule has 2 heteroatoms. The van der Waals surface area contributed by atoms with Crippen LogP contribution in [0.2, 0.25) is 0 Å². The second-order valence-corrected chi connectivity index (χ2v) is 4.90. The van der Waals surface area contributed by atoms with Crippen molar-refractivity contribution in [3.05, 3.63) is 0 Å². The minimum atomic E-state index is -0.149. The summed E-state index contributed by atoms with van der Waals surface area (Å²) >= 11 is 0. The number of hydrogen-bond acceptors (Lipinski definition) is 2. The topological polar surface area (TPSA) is 23.5 Å². The van der Waals surface area contributed by atoms with Gasteiger partial charge in [-0.25, -0.2) is 0 Å². The molecular formula is C12H25NO. The van der Waals surface area contributed by atoms with Crippen molar-refractivity contribution >= 4 is 0 Å². The van der Waals surface area contributed by atoms with Gasteiger partial charge in [0, 0.05) is 13.1 Å². The number of aliphatic hydroxyl groups is 1. The van der Waals surface area contributed by atoms with E-state index in [1.54, 1.807) is 0 Å². The second kappa shape index (κ2) is 6.41. The Balaban J connectivity index is 2.09. The van der Waals surface area contributed by atoms with Gasteiger partial charge in [-0.3, -0.25) is 0 Å². The molecule has 1 N–H and O–H groups in total. The van der Waals surface area contributed by atoms with E-state index in [2.05, 4.69) is 11.9 Å². The highest BCUT2D eigenvalue weighted by atomic mass is 16.3. The van der Waals surface area contributed by atoms with Gasteiger partial charge in [-0.05, 0) is 39.2 Å². The van der Waals surface area contributed by atoms with Gasteiger partial charge in [0.05, 0.1) is 6.10 Å². The maximum atomic E-state index is 9.18. The molecule has 0 saturated heterocycles. The molecule has 0 bridgehead atoms. The highest BCUT2D eigenvalue weighted by Crippen LogP contribution is 2.24. The Morgan fingerprint density at radius 3 is 2.50 bits per heavy atom. The summed E-state index contributed by atoms with van der Waals surface area (Å²) in [4.78, 5) is 2.38. The third-order valence-electron chi connectivity index (χ3n) is 3.22. The summed E-state index contributed by atoms with van der Waals surface area (Å²) in [5, 5.41) is 9.18. The molecule has 0 aromatic heterocycles. The average molecular weight is 199 g/mol. The van der Waals surface area contributed by atoms with E-state index in [1.807, 2.05) is 6.92 Å². The minimum absolute atomic E-state index is 0.149. The molecule has 1 fully saturated rings. The number of hydrogen-bond donors (Lipinski definition) is 1. The van der Waals surface area contributed by atoms with Gasteiger partial charge in [-0.15, -0.1) is 0 Å². The Hall–Kier alpha value is -0.0800. The van der Waals surface area contributed by atoms with Crippen LogP contribution >= 0.6 is 0 Å². The third kappa shape index (κ3) is 4.97. The van der Waals surface area contributed by atoms with Gasteiger partial charge in [0.25, 0.3) is 0 Å². The summed E-state index contributed by atoms with van der Waals surface area (Å²) in [6.45, 7) is 4.13. The van der Waals surface area contributed by atoms with Gasteiger partial charge in [0.15, 0.2) is 0 Å². The van der Waals surface area contributed by atoms with E-state index in [9.17, 15) is 5.11 Å². The number of nitrogens with zero attached hydrogens (tertiary/aromatic N) is 1. The van der Waals surface area contributed by atoms with Crippen molar-refractivity contribution in [1.82, 2.24) is 4.90 Å². The lowest BCUT2D eigenvalue weighted by atomic mass is 9.89. The Labute approximate surface area is 88.3 Å². The average Bonchev–Trinajstić information content (AvgIpc) is 2.16. The summed E-state index contributed by atoms with van der Waals surface area (Å²) in [7, 11) is 2.18. The van der Waals surface area contributed by atoms with Gasteiger partial charge in [0.2, 0.25) is 0 Å². The SMILES string of the molecule is CC(O)CCN(C)CC1CCCCC1. The van der Waals surface area contributed by atoms with Crippen LogP contribution < -0.4 is 0 Å². The van der Waals surface area contributed by atoms with Crippen LogP contribution in [0.25, 0.3) is 0 Å². The lowest BCUT2D eigenvalue weighted by molar-refractivity contribution is 0.154. The van der Waals surface area contributed by atoms with Crippen LogP contribution in [0.1, 0.15) is 45.4 Å². The van der Waals surface area contributed by atoms with E-state index in [0.29, 0.717) is 0 Å². The molecule has 1 atom stereocenters. The van der Waals surface area contributed by atoms with Crippen LogP contribution in [0.5, 0.6) is 0 Å². The predicted octanol–water partition coefficient (Wildman–Crippen LogP) is 2.27. The smallest absolute Gasteiger partial charge is 0.0524 e. The standard InChI is InChI=1S/C12H25NO/c1-11(14)8-9-13(2)10-12-6-4-3-5-7-12/h11-12,14H,3-10H2,1-2H3. The van der Waals surface area contributed by atoms with Crippen molar-refractivity contribution in [2.24, 2.45) is 5.92 Å². The van der Waals surface area contributed by atoms with Crippen LogP contribution in [0.15, 0.2) is 0 Å². The van der Waals surface area contributed by atoms with E-state index in [-0.39, 0.29) is 6.10 Å². The summed E-state index contributed by atoms with van der Waals surface area (Å²) in [5.41, 5.74) is 0. The fourth-order valence-electron chi connectivity index (χ4n) is 2.31. The zero-order valence-corrected chi connectivity index (χ0v) is 9.71. The maximum Gasteiger partial charge on any atom is 0.0524 e. The maximum absolute atomic E-state index is 9.18.